The van der Waals surface area contributed by atoms with Gasteiger partial charge in [-0.05, 0) is 111 Å². The first kappa shape index (κ1) is 37.0. The maximum Gasteiger partial charge on any atom is 0.319 e. The number of carbonyl (C=O) groups is 2. The fourth-order valence-corrected chi connectivity index (χ4v) is 5.96. The number of anilines is 2. The van der Waals surface area contributed by atoms with Crippen molar-refractivity contribution < 1.29 is 27.8 Å². The summed E-state index contributed by atoms with van der Waals surface area (Å²) in [5.41, 5.74) is 1.66. The minimum atomic E-state index is -0.758. The van der Waals surface area contributed by atoms with Gasteiger partial charge in [0.25, 0.3) is 0 Å². The zero-order valence-electron chi connectivity index (χ0n) is 27.9. The van der Waals surface area contributed by atoms with Crippen LogP contribution >= 0.6 is 11.6 Å². The van der Waals surface area contributed by atoms with Crippen LogP contribution in [0.3, 0.4) is 0 Å². The summed E-state index contributed by atoms with van der Waals surface area (Å²) in [6, 6.07) is 13.3. The zero-order chi connectivity index (χ0) is 36.4. The van der Waals surface area contributed by atoms with Crippen molar-refractivity contribution >= 4 is 35.0 Å². The molecular weight excluding hydrogens is 684 g/mol. The summed E-state index contributed by atoms with van der Waals surface area (Å²) < 4.78 is 37.6. The van der Waals surface area contributed by atoms with Gasteiger partial charge >= 0.3 is 12.1 Å². The van der Waals surface area contributed by atoms with E-state index in [2.05, 4.69) is 41.2 Å². The normalized spacial score (nSPS) is 16.0. The molecule has 0 bridgehead atoms. The van der Waals surface area contributed by atoms with Crippen LogP contribution in [0.25, 0.3) is 0 Å². The van der Waals surface area contributed by atoms with Crippen molar-refractivity contribution in [3.63, 3.8) is 0 Å². The van der Waals surface area contributed by atoms with Crippen LogP contribution in [-0.2, 0) is 20.6 Å². The van der Waals surface area contributed by atoms with E-state index in [4.69, 9.17) is 26.3 Å². The van der Waals surface area contributed by atoms with Gasteiger partial charge in [-0.3, -0.25) is 0 Å². The molecule has 0 saturated carbocycles. The molecule has 266 valence electrons. The third-order valence-corrected chi connectivity index (χ3v) is 8.77. The van der Waals surface area contributed by atoms with Crippen LogP contribution in [0.5, 0.6) is 0 Å². The van der Waals surface area contributed by atoms with Crippen molar-refractivity contribution in [2.45, 2.75) is 50.6 Å². The first-order chi connectivity index (χ1) is 24.5. The molecule has 16 heteroatoms. The van der Waals surface area contributed by atoms with Gasteiger partial charge in [0.05, 0.1) is 22.5 Å². The molecule has 0 atom stereocenters. The molecule has 6 rings (SSSR count). The Kier molecular flexibility index (Phi) is 12.0. The Balaban J connectivity index is 0.000000198. The number of amides is 4. The number of ether oxygens (including phenoxy) is 2. The predicted molar refractivity (Wildman–Crippen MR) is 184 cm³/mol. The Morgan fingerprint density at radius 3 is 1.63 bits per heavy atom. The highest BCUT2D eigenvalue weighted by molar-refractivity contribution is 6.28. The Labute approximate surface area is 298 Å². The van der Waals surface area contributed by atoms with Crippen LogP contribution in [0.4, 0.5) is 29.7 Å². The highest BCUT2D eigenvalue weighted by Crippen LogP contribution is 2.32. The lowest BCUT2D eigenvalue weighted by Crippen LogP contribution is -2.51. The number of hydrogen-bond donors (Lipinski definition) is 4. The number of benzene rings is 2. The van der Waals surface area contributed by atoms with Crippen LogP contribution in [0, 0.1) is 36.8 Å². The van der Waals surface area contributed by atoms with E-state index in [0.717, 1.165) is 0 Å². The predicted octanol–water partition coefficient (Wildman–Crippen LogP) is 6.03. The Morgan fingerprint density at radius 2 is 1.20 bits per heavy atom. The molecule has 2 aliphatic rings. The summed E-state index contributed by atoms with van der Waals surface area (Å²) in [5, 5.41) is 20.6. The summed E-state index contributed by atoms with van der Waals surface area (Å²) in [6.07, 6.45) is 5.23. The highest BCUT2D eigenvalue weighted by atomic mass is 35.5. The maximum absolute atomic E-state index is 13.4. The molecule has 2 aromatic heterocycles. The molecule has 0 unspecified atom stereocenters. The molecule has 4 amide bonds. The van der Waals surface area contributed by atoms with Crippen molar-refractivity contribution in [2.75, 3.05) is 37.1 Å². The van der Waals surface area contributed by atoms with Crippen LogP contribution < -0.4 is 21.3 Å². The number of halogens is 3. The lowest BCUT2D eigenvalue weighted by atomic mass is 9.86. The monoisotopic (exact) mass is 719 g/mol. The molecule has 13 nitrogen and oxygen atoms in total. The summed E-state index contributed by atoms with van der Waals surface area (Å²) >= 11 is 5.91. The van der Waals surface area contributed by atoms with Gasteiger partial charge in [0.15, 0.2) is 0 Å². The second-order valence-electron chi connectivity index (χ2n) is 12.1. The van der Waals surface area contributed by atoms with Gasteiger partial charge in [-0.2, -0.15) is 5.26 Å². The van der Waals surface area contributed by atoms with Crippen molar-refractivity contribution in [3.8, 4) is 6.07 Å². The van der Waals surface area contributed by atoms with E-state index in [-0.39, 0.29) is 22.7 Å². The Bertz CT molecular complexity index is 1910. The first-order valence-electron chi connectivity index (χ1n) is 16.1. The standard InChI is InChI=1S/C18H18FN5O2.C17H18ClFN4O2/c1-12-10-13(2-3-14(12)19)22-17(25)24-18(5-8-26-9-6-18)15-4-7-21-16(11-20)23-15;1-11-10-12(2-3-13(11)19)21-16(24)23-17(5-8-25-9-6-17)14-4-7-20-15(18)22-14/h2-4,7,10H,5-6,8-9H2,1H3,(H2,22,24,25);2-4,7,10H,5-6,8-9H2,1H3,(H2,21,23,24). The number of hydrogen-bond acceptors (Lipinski definition) is 9. The van der Waals surface area contributed by atoms with Crippen molar-refractivity contribution in [2.24, 2.45) is 0 Å². The molecule has 51 heavy (non-hydrogen) atoms. The first-order valence-corrected chi connectivity index (χ1v) is 16.5. The van der Waals surface area contributed by atoms with E-state index in [1.54, 1.807) is 44.3 Å². The van der Waals surface area contributed by atoms with E-state index in [1.165, 1.54) is 30.5 Å². The maximum atomic E-state index is 13.4. The number of nitriles is 1. The second-order valence-corrected chi connectivity index (χ2v) is 12.4. The lowest BCUT2D eigenvalue weighted by molar-refractivity contribution is 0.0398. The molecule has 4 aromatic rings. The summed E-state index contributed by atoms with van der Waals surface area (Å²) in [4.78, 5) is 41.3. The van der Waals surface area contributed by atoms with E-state index in [0.29, 0.717) is 86.0 Å². The molecule has 4 heterocycles. The van der Waals surface area contributed by atoms with E-state index >= 15 is 0 Å². The fourth-order valence-electron chi connectivity index (χ4n) is 5.81. The largest absolute Gasteiger partial charge is 0.381 e. The second kappa shape index (κ2) is 16.6. The van der Waals surface area contributed by atoms with Gasteiger partial charge in [0.1, 0.15) is 17.7 Å². The number of aryl methyl sites for hydroxylation is 2. The average molecular weight is 720 g/mol. The summed E-state index contributed by atoms with van der Waals surface area (Å²) in [6.45, 7) is 5.18. The topological polar surface area (TPSA) is 176 Å². The van der Waals surface area contributed by atoms with Crippen LogP contribution in [0.15, 0.2) is 60.9 Å². The Morgan fingerprint density at radius 1 is 0.745 bits per heavy atom. The SMILES string of the molecule is Cc1cc(NC(=O)NC2(c3ccnc(C#N)n3)CCOCC2)ccc1F.Cc1cc(NC(=O)NC2(c3ccnc(Cl)n3)CCOCC2)ccc1F. The van der Waals surface area contributed by atoms with Gasteiger partial charge in [0, 0.05) is 50.2 Å². The van der Waals surface area contributed by atoms with Gasteiger partial charge < -0.3 is 30.7 Å². The number of carbonyl (C=O) groups excluding carboxylic acids is 2. The average Bonchev–Trinajstić information content (AvgIpc) is 3.12. The number of nitrogens with one attached hydrogen (secondary N) is 4. The van der Waals surface area contributed by atoms with Gasteiger partial charge in [-0.25, -0.2) is 38.3 Å². The lowest BCUT2D eigenvalue weighted by Gasteiger charge is -2.37. The van der Waals surface area contributed by atoms with Crippen LogP contribution in [0.1, 0.15) is 54.0 Å². The number of rotatable bonds is 6. The quantitative estimate of drug-likeness (QED) is 0.173. The van der Waals surface area contributed by atoms with Crippen LogP contribution in [0.2, 0.25) is 5.28 Å². The smallest absolute Gasteiger partial charge is 0.319 e. The van der Waals surface area contributed by atoms with E-state index < -0.39 is 23.1 Å². The fraction of sp³-hybridized carbons (Fsp3) is 0.343. The number of urea groups is 2. The molecular formula is C35H36ClF2N9O4. The van der Waals surface area contributed by atoms with Gasteiger partial charge in [-0.15, -0.1) is 0 Å². The molecule has 2 fully saturated rings. The molecule has 2 aromatic carbocycles. The van der Waals surface area contributed by atoms with E-state index in [1.807, 2.05) is 6.07 Å². The molecule has 0 aliphatic carbocycles. The van der Waals surface area contributed by atoms with Crippen LogP contribution in [-0.4, -0.2) is 58.4 Å². The Hall–Kier alpha value is -5.30. The van der Waals surface area contributed by atoms with Gasteiger partial charge in [-0.1, -0.05) is 0 Å². The highest BCUT2D eigenvalue weighted by Gasteiger charge is 2.39. The summed E-state index contributed by atoms with van der Waals surface area (Å²) in [7, 11) is 0. The minimum Gasteiger partial charge on any atom is -0.381 e. The number of aromatic nitrogens is 4. The molecule has 4 N–H and O–H groups in total. The van der Waals surface area contributed by atoms with Crippen molar-refractivity contribution in [1.82, 2.24) is 30.6 Å². The number of nitrogens with zero attached hydrogens (tertiary/aromatic N) is 5. The molecule has 0 radical (unpaired) electrons. The van der Waals surface area contributed by atoms with Crippen molar-refractivity contribution in [1.29, 1.82) is 5.26 Å². The van der Waals surface area contributed by atoms with Crippen molar-refractivity contribution in [3.05, 3.63) is 106 Å². The molecule has 2 aliphatic heterocycles. The minimum absolute atomic E-state index is 0.0461. The van der Waals surface area contributed by atoms with E-state index in [9.17, 15) is 18.4 Å². The molecule has 2 saturated heterocycles. The third-order valence-electron chi connectivity index (χ3n) is 8.59. The molecule has 0 spiro atoms. The summed E-state index contributed by atoms with van der Waals surface area (Å²) in [5.74, 6) is -0.603. The zero-order valence-corrected chi connectivity index (χ0v) is 28.7. The third kappa shape index (κ3) is 9.48. The van der Waals surface area contributed by atoms with Gasteiger partial charge in [0.2, 0.25) is 11.1 Å².